The summed E-state index contributed by atoms with van der Waals surface area (Å²) in [7, 11) is 0.914. The maximum absolute atomic E-state index is 14.5. The first-order valence-electron chi connectivity index (χ1n) is 13.3. The third kappa shape index (κ3) is 5.00. The molecule has 2 aromatic carbocycles. The number of piperidine rings is 2. The SMILES string of the molecule is CO[C@@](C(=O)N1CCC2(CC1)CC(=O)NCC2c1ccccc1OC1CCOC1)(c1ccccc1)C(F)(F)F. The molecule has 0 aromatic heterocycles. The fraction of sp³-hybridized carbons (Fsp3) is 0.517. The zero-order valence-corrected chi connectivity index (χ0v) is 21.8. The van der Waals surface area contributed by atoms with Crippen molar-refractivity contribution in [1.82, 2.24) is 10.2 Å². The molecule has 0 aliphatic carbocycles. The summed E-state index contributed by atoms with van der Waals surface area (Å²) in [5.74, 6) is -0.624. The van der Waals surface area contributed by atoms with Gasteiger partial charge in [0.2, 0.25) is 5.91 Å². The second-order valence-corrected chi connectivity index (χ2v) is 10.6. The van der Waals surface area contributed by atoms with Crippen molar-refractivity contribution in [2.75, 3.05) is 40.0 Å². The van der Waals surface area contributed by atoms with E-state index in [0.717, 1.165) is 24.8 Å². The molecule has 3 saturated heterocycles. The Morgan fingerprint density at radius 1 is 1.08 bits per heavy atom. The Hall–Kier alpha value is -3.11. The molecule has 3 aliphatic rings. The van der Waals surface area contributed by atoms with Crippen LogP contribution in [-0.4, -0.2) is 69.0 Å². The van der Waals surface area contributed by atoms with Crippen molar-refractivity contribution >= 4 is 11.8 Å². The van der Waals surface area contributed by atoms with Gasteiger partial charge in [-0.15, -0.1) is 0 Å². The van der Waals surface area contributed by atoms with Gasteiger partial charge in [-0.25, -0.2) is 0 Å². The van der Waals surface area contributed by atoms with Gasteiger partial charge in [0.25, 0.3) is 11.5 Å². The minimum atomic E-state index is -4.97. The van der Waals surface area contributed by atoms with E-state index in [1.54, 1.807) is 6.07 Å². The van der Waals surface area contributed by atoms with Gasteiger partial charge >= 0.3 is 6.18 Å². The summed E-state index contributed by atoms with van der Waals surface area (Å²) in [6.07, 6.45) is -3.24. The largest absolute Gasteiger partial charge is 0.488 e. The molecule has 210 valence electrons. The molecular formula is C29H33F3N2O5. The Balaban J connectivity index is 1.41. The number of hydrogen-bond acceptors (Lipinski definition) is 5. The first kappa shape index (κ1) is 27.5. The highest BCUT2D eigenvalue weighted by Gasteiger charge is 2.64. The Morgan fingerprint density at radius 2 is 1.77 bits per heavy atom. The lowest BCUT2D eigenvalue weighted by Gasteiger charge is -2.50. The molecule has 3 fully saturated rings. The number of alkyl halides is 3. The lowest BCUT2D eigenvalue weighted by atomic mass is 9.62. The molecule has 2 unspecified atom stereocenters. The number of methoxy groups -OCH3 is 1. The van der Waals surface area contributed by atoms with Crippen molar-refractivity contribution in [2.45, 2.75) is 49.5 Å². The fourth-order valence-corrected chi connectivity index (χ4v) is 6.34. The molecule has 5 rings (SSSR count). The fourth-order valence-electron chi connectivity index (χ4n) is 6.34. The number of para-hydroxylation sites is 1. The van der Waals surface area contributed by atoms with Gasteiger partial charge in [0.05, 0.1) is 13.2 Å². The van der Waals surface area contributed by atoms with Crippen LogP contribution in [-0.2, 0) is 24.7 Å². The van der Waals surface area contributed by atoms with Gasteiger partial charge in [-0.05, 0) is 29.9 Å². The van der Waals surface area contributed by atoms with Gasteiger partial charge in [-0.1, -0.05) is 48.5 Å². The molecule has 10 heteroatoms. The average molecular weight is 547 g/mol. The highest BCUT2D eigenvalue weighted by atomic mass is 19.4. The number of nitrogens with zero attached hydrogens (tertiary/aromatic N) is 1. The Kier molecular flexibility index (Phi) is 7.61. The Morgan fingerprint density at radius 3 is 2.41 bits per heavy atom. The van der Waals surface area contributed by atoms with Crippen molar-refractivity contribution in [3.05, 3.63) is 65.7 Å². The molecule has 2 aromatic rings. The van der Waals surface area contributed by atoms with Crippen LogP contribution in [0.1, 0.15) is 42.7 Å². The molecular weight excluding hydrogens is 513 g/mol. The predicted octanol–water partition coefficient (Wildman–Crippen LogP) is 4.17. The highest BCUT2D eigenvalue weighted by molar-refractivity contribution is 5.88. The van der Waals surface area contributed by atoms with Crippen LogP contribution in [0, 0.1) is 5.41 Å². The zero-order chi connectivity index (χ0) is 27.7. The number of ether oxygens (including phenoxy) is 3. The van der Waals surface area contributed by atoms with Gasteiger partial charge in [0.15, 0.2) is 0 Å². The second-order valence-electron chi connectivity index (χ2n) is 10.6. The monoisotopic (exact) mass is 546 g/mol. The summed E-state index contributed by atoms with van der Waals surface area (Å²) in [6.45, 7) is 1.71. The first-order valence-corrected chi connectivity index (χ1v) is 13.3. The van der Waals surface area contributed by atoms with Crippen LogP contribution in [0.4, 0.5) is 13.2 Å². The van der Waals surface area contributed by atoms with Crippen molar-refractivity contribution in [3.8, 4) is 5.75 Å². The number of halogens is 3. The number of carbonyl (C=O) groups excluding carboxylic acids is 2. The number of rotatable bonds is 6. The maximum atomic E-state index is 14.5. The number of likely N-dealkylation sites (tertiary alicyclic amines) is 1. The molecule has 3 heterocycles. The molecule has 2 amide bonds. The normalized spacial score (nSPS) is 24.7. The number of amides is 2. The summed E-state index contributed by atoms with van der Waals surface area (Å²) >= 11 is 0. The van der Waals surface area contributed by atoms with Crippen LogP contribution in [0.5, 0.6) is 5.75 Å². The van der Waals surface area contributed by atoms with Crippen LogP contribution in [0.15, 0.2) is 54.6 Å². The molecule has 0 saturated carbocycles. The van der Waals surface area contributed by atoms with E-state index in [1.807, 2.05) is 24.3 Å². The van der Waals surface area contributed by atoms with Crippen molar-refractivity contribution < 1.29 is 37.0 Å². The number of carbonyl (C=O) groups is 2. The minimum Gasteiger partial charge on any atom is -0.488 e. The zero-order valence-electron chi connectivity index (χ0n) is 21.8. The lowest BCUT2D eigenvalue weighted by Crippen LogP contribution is -2.60. The van der Waals surface area contributed by atoms with Gasteiger partial charge in [0, 0.05) is 51.1 Å². The maximum Gasteiger partial charge on any atom is 0.430 e. The quantitative estimate of drug-likeness (QED) is 0.589. The Labute approximate surface area is 225 Å². The summed E-state index contributed by atoms with van der Waals surface area (Å²) in [5, 5.41) is 2.96. The predicted molar refractivity (Wildman–Crippen MR) is 136 cm³/mol. The Bertz CT molecular complexity index is 1180. The first-order chi connectivity index (χ1) is 18.7. The van der Waals surface area contributed by atoms with E-state index in [9.17, 15) is 22.8 Å². The lowest BCUT2D eigenvalue weighted by molar-refractivity contribution is -0.271. The van der Waals surface area contributed by atoms with Crippen LogP contribution in [0.25, 0.3) is 0 Å². The van der Waals surface area contributed by atoms with Crippen molar-refractivity contribution in [3.63, 3.8) is 0 Å². The van der Waals surface area contributed by atoms with E-state index >= 15 is 0 Å². The van der Waals surface area contributed by atoms with Gasteiger partial charge < -0.3 is 24.4 Å². The van der Waals surface area contributed by atoms with Crippen molar-refractivity contribution in [1.29, 1.82) is 0 Å². The standard InChI is InChI=1S/C29H33F3N2O5/c1-37-28(29(30,31)32,20-7-3-2-4-8-20)26(36)34-14-12-27(13-15-34)17-25(35)33-18-23(27)22-9-5-6-10-24(22)39-21-11-16-38-19-21/h2-10,21,23H,11-19H2,1H3,(H,33,35)/t21?,23?,28-/m1/s1. The van der Waals surface area contributed by atoms with E-state index in [2.05, 4.69) is 5.32 Å². The van der Waals surface area contributed by atoms with E-state index < -0.39 is 23.1 Å². The van der Waals surface area contributed by atoms with Crippen LogP contribution in [0.2, 0.25) is 0 Å². The summed E-state index contributed by atoms with van der Waals surface area (Å²) in [6, 6.07) is 14.7. The molecule has 3 atom stereocenters. The smallest absolute Gasteiger partial charge is 0.430 e. The van der Waals surface area contributed by atoms with Crippen LogP contribution >= 0.6 is 0 Å². The highest BCUT2D eigenvalue weighted by Crippen LogP contribution is 2.52. The summed E-state index contributed by atoms with van der Waals surface area (Å²) < 4.78 is 60.3. The van der Waals surface area contributed by atoms with Crippen LogP contribution < -0.4 is 10.1 Å². The van der Waals surface area contributed by atoms with E-state index in [1.165, 1.54) is 29.2 Å². The molecule has 0 bridgehead atoms. The second kappa shape index (κ2) is 10.8. The van der Waals surface area contributed by atoms with Gasteiger partial charge in [0.1, 0.15) is 11.9 Å². The number of nitrogens with one attached hydrogen (secondary N) is 1. The van der Waals surface area contributed by atoms with Crippen molar-refractivity contribution in [2.24, 2.45) is 5.41 Å². The molecule has 0 radical (unpaired) electrons. The summed E-state index contributed by atoms with van der Waals surface area (Å²) in [5.41, 5.74) is -2.94. The van der Waals surface area contributed by atoms with Gasteiger partial charge in [-0.2, -0.15) is 13.2 Å². The van der Waals surface area contributed by atoms with E-state index in [-0.39, 0.29) is 43.0 Å². The van der Waals surface area contributed by atoms with E-state index in [0.29, 0.717) is 32.6 Å². The topological polar surface area (TPSA) is 77.1 Å². The molecule has 39 heavy (non-hydrogen) atoms. The number of benzene rings is 2. The van der Waals surface area contributed by atoms with Gasteiger partial charge in [-0.3, -0.25) is 9.59 Å². The van der Waals surface area contributed by atoms with E-state index in [4.69, 9.17) is 14.2 Å². The summed E-state index contributed by atoms with van der Waals surface area (Å²) in [4.78, 5) is 27.4. The molecule has 1 spiro atoms. The number of hydrogen-bond donors (Lipinski definition) is 1. The van der Waals surface area contributed by atoms with Crippen LogP contribution in [0.3, 0.4) is 0 Å². The third-order valence-corrected chi connectivity index (χ3v) is 8.46. The third-order valence-electron chi connectivity index (χ3n) is 8.46. The molecule has 3 aliphatic heterocycles. The molecule has 7 nitrogen and oxygen atoms in total. The minimum absolute atomic E-state index is 0.0535. The molecule has 1 N–H and O–H groups in total. The average Bonchev–Trinajstić information content (AvgIpc) is 3.43.